The van der Waals surface area contributed by atoms with Gasteiger partial charge in [-0.1, -0.05) is 30.3 Å². The van der Waals surface area contributed by atoms with E-state index in [0.717, 1.165) is 5.56 Å². The Morgan fingerprint density at radius 3 is 2.70 bits per heavy atom. The number of benzene rings is 2. The zero-order chi connectivity index (χ0) is 16.4. The first-order valence-electron chi connectivity index (χ1n) is 7.40. The topological polar surface area (TPSA) is 66.4 Å². The van der Waals surface area contributed by atoms with Crippen LogP contribution >= 0.6 is 0 Å². The summed E-state index contributed by atoms with van der Waals surface area (Å²) < 4.78 is 13.7. The number of nitrogens with one attached hydrogen (secondary N) is 1. The predicted octanol–water partition coefficient (Wildman–Crippen LogP) is 2.94. The molecule has 0 radical (unpaired) electrons. The van der Waals surface area contributed by atoms with Gasteiger partial charge in [0.25, 0.3) is 0 Å². The normalized spacial score (nSPS) is 19.2. The molecule has 2 aromatic carbocycles. The molecule has 0 heterocycles. The van der Waals surface area contributed by atoms with Crippen molar-refractivity contribution in [1.29, 1.82) is 0 Å². The number of amides is 1. The quantitative estimate of drug-likeness (QED) is 0.892. The van der Waals surface area contributed by atoms with Crippen molar-refractivity contribution < 1.29 is 19.1 Å². The fraction of sp³-hybridized carbons (Fsp3) is 0.222. The van der Waals surface area contributed by atoms with E-state index in [-0.39, 0.29) is 35.7 Å². The monoisotopic (exact) mass is 313 g/mol. The van der Waals surface area contributed by atoms with Crippen molar-refractivity contribution in [3.8, 4) is 0 Å². The maximum absolute atomic E-state index is 13.7. The molecule has 0 bridgehead atoms. The van der Waals surface area contributed by atoms with Crippen LogP contribution in [0.5, 0.6) is 0 Å². The average Bonchev–Trinajstić information content (AvgIpc) is 3.34. The van der Waals surface area contributed by atoms with Gasteiger partial charge in [0.05, 0.1) is 5.56 Å². The van der Waals surface area contributed by atoms with Gasteiger partial charge in [0, 0.05) is 12.5 Å². The van der Waals surface area contributed by atoms with Crippen molar-refractivity contribution >= 4 is 11.9 Å². The van der Waals surface area contributed by atoms with Gasteiger partial charge in [-0.15, -0.1) is 0 Å². The van der Waals surface area contributed by atoms with Crippen LogP contribution in [0, 0.1) is 11.7 Å². The molecule has 1 aliphatic carbocycles. The lowest BCUT2D eigenvalue weighted by molar-refractivity contribution is -0.122. The molecule has 1 amide bonds. The minimum absolute atomic E-state index is 0.0680. The Balaban J connectivity index is 1.58. The van der Waals surface area contributed by atoms with E-state index in [9.17, 15) is 14.0 Å². The van der Waals surface area contributed by atoms with Crippen molar-refractivity contribution in [3.05, 3.63) is 71.0 Å². The maximum atomic E-state index is 13.7. The molecule has 1 saturated carbocycles. The van der Waals surface area contributed by atoms with E-state index in [2.05, 4.69) is 5.32 Å². The predicted molar refractivity (Wildman–Crippen MR) is 82.5 cm³/mol. The lowest BCUT2D eigenvalue weighted by Gasteiger charge is -2.06. The SMILES string of the molecule is O=C(O)c1cccc(CNC(=O)[C@@H]2C[C@H]2c2ccccc2F)c1. The smallest absolute Gasteiger partial charge is 0.335 e. The largest absolute Gasteiger partial charge is 0.478 e. The number of halogens is 1. The molecular formula is C18H16FNO3. The summed E-state index contributed by atoms with van der Waals surface area (Å²) in [6.45, 7) is 0.264. The first-order valence-corrected chi connectivity index (χ1v) is 7.40. The van der Waals surface area contributed by atoms with E-state index in [4.69, 9.17) is 5.11 Å². The number of hydrogen-bond acceptors (Lipinski definition) is 2. The van der Waals surface area contributed by atoms with E-state index in [0.29, 0.717) is 12.0 Å². The first kappa shape index (κ1) is 15.2. The molecule has 23 heavy (non-hydrogen) atoms. The molecule has 2 N–H and O–H groups in total. The Morgan fingerprint density at radius 1 is 1.17 bits per heavy atom. The second-order valence-corrected chi connectivity index (χ2v) is 5.69. The second-order valence-electron chi connectivity index (χ2n) is 5.69. The van der Waals surface area contributed by atoms with Gasteiger partial charge in [0.15, 0.2) is 0 Å². The Hall–Kier alpha value is -2.69. The van der Waals surface area contributed by atoms with Crippen LogP contribution in [0.2, 0.25) is 0 Å². The molecule has 4 nitrogen and oxygen atoms in total. The fourth-order valence-electron chi connectivity index (χ4n) is 2.74. The van der Waals surface area contributed by atoms with E-state index in [1.54, 1.807) is 30.3 Å². The molecule has 1 aliphatic rings. The molecule has 2 aromatic rings. The van der Waals surface area contributed by atoms with Crippen LogP contribution in [0.1, 0.15) is 33.8 Å². The third kappa shape index (κ3) is 3.39. The summed E-state index contributed by atoms with van der Waals surface area (Å²) in [6, 6.07) is 12.9. The summed E-state index contributed by atoms with van der Waals surface area (Å²) in [5.41, 5.74) is 1.49. The Kier molecular flexibility index (Phi) is 4.10. The summed E-state index contributed by atoms with van der Waals surface area (Å²) in [5.74, 6) is -1.68. The van der Waals surface area contributed by atoms with E-state index >= 15 is 0 Å². The van der Waals surface area contributed by atoms with Crippen molar-refractivity contribution in [2.75, 3.05) is 0 Å². The van der Waals surface area contributed by atoms with Crippen molar-refractivity contribution in [1.82, 2.24) is 5.32 Å². The Labute approximate surface area is 133 Å². The van der Waals surface area contributed by atoms with Crippen molar-refractivity contribution in [3.63, 3.8) is 0 Å². The summed E-state index contributed by atoms with van der Waals surface area (Å²) >= 11 is 0. The molecule has 0 aromatic heterocycles. The molecule has 0 spiro atoms. The van der Waals surface area contributed by atoms with Gasteiger partial charge in [0.1, 0.15) is 5.82 Å². The minimum atomic E-state index is -1.00. The van der Waals surface area contributed by atoms with Crippen LogP contribution in [-0.4, -0.2) is 17.0 Å². The van der Waals surface area contributed by atoms with Gasteiger partial charge in [-0.3, -0.25) is 4.79 Å². The van der Waals surface area contributed by atoms with Crippen molar-refractivity contribution in [2.45, 2.75) is 18.9 Å². The number of aromatic carboxylic acids is 1. The van der Waals surface area contributed by atoms with Gasteiger partial charge in [-0.2, -0.15) is 0 Å². The third-order valence-electron chi connectivity index (χ3n) is 4.07. The standard InChI is InChI=1S/C18H16FNO3/c19-16-7-2-1-6-13(16)14-9-15(14)17(21)20-10-11-4-3-5-12(8-11)18(22)23/h1-8,14-15H,9-10H2,(H,20,21)(H,22,23)/t14-,15+/m0/s1. The van der Waals surface area contributed by atoms with Crippen LogP contribution in [0.25, 0.3) is 0 Å². The highest BCUT2D eigenvalue weighted by Crippen LogP contribution is 2.48. The Morgan fingerprint density at radius 2 is 1.96 bits per heavy atom. The van der Waals surface area contributed by atoms with Crippen LogP contribution in [0.4, 0.5) is 4.39 Å². The lowest BCUT2D eigenvalue weighted by atomic mass is 10.1. The summed E-state index contributed by atoms with van der Waals surface area (Å²) in [4.78, 5) is 23.1. The highest BCUT2D eigenvalue weighted by Gasteiger charge is 2.44. The molecule has 118 valence electrons. The number of hydrogen-bond donors (Lipinski definition) is 2. The molecule has 5 heteroatoms. The molecular weight excluding hydrogens is 297 g/mol. The van der Waals surface area contributed by atoms with Crippen LogP contribution < -0.4 is 5.32 Å². The van der Waals surface area contributed by atoms with Crippen LogP contribution in [0.3, 0.4) is 0 Å². The lowest BCUT2D eigenvalue weighted by Crippen LogP contribution is -2.25. The number of carboxylic acid groups (broad SMARTS) is 1. The summed E-state index contributed by atoms with van der Waals surface area (Å²) in [6.07, 6.45) is 0.641. The van der Waals surface area contributed by atoms with Gasteiger partial charge >= 0.3 is 5.97 Å². The van der Waals surface area contributed by atoms with Gasteiger partial charge < -0.3 is 10.4 Å². The molecule has 0 saturated heterocycles. The highest BCUT2D eigenvalue weighted by atomic mass is 19.1. The molecule has 3 rings (SSSR count). The highest BCUT2D eigenvalue weighted by molar-refractivity contribution is 5.87. The van der Waals surface area contributed by atoms with Crippen LogP contribution in [-0.2, 0) is 11.3 Å². The molecule has 0 aliphatic heterocycles. The first-order chi connectivity index (χ1) is 11.1. The zero-order valence-corrected chi connectivity index (χ0v) is 12.3. The third-order valence-corrected chi connectivity index (χ3v) is 4.07. The average molecular weight is 313 g/mol. The van der Waals surface area contributed by atoms with Gasteiger partial charge in [-0.25, -0.2) is 9.18 Å². The number of carbonyl (C=O) groups is 2. The van der Waals surface area contributed by atoms with Crippen molar-refractivity contribution in [2.24, 2.45) is 5.92 Å². The van der Waals surface area contributed by atoms with E-state index in [1.165, 1.54) is 18.2 Å². The second kappa shape index (κ2) is 6.20. The Bertz CT molecular complexity index is 759. The number of carboxylic acids is 1. The number of rotatable bonds is 5. The molecule has 0 unspecified atom stereocenters. The van der Waals surface area contributed by atoms with Gasteiger partial charge in [-0.05, 0) is 41.7 Å². The summed E-state index contributed by atoms with van der Waals surface area (Å²) in [5, 5.41) is 11.7. The van der Waals surface area contributed by atoms with Crippen LogP contribution in [0.15, 0.2) is 48.5 Å². The fourth-order valence-corrected chi connectivity index (χ4v) is 2.74. The van der Waals surface area contributed by atoms with E-state index in [1.807, 2.05) is 0 Å². The maximum Gasteiger partial charge on any atom is 0.335 e. The minimum Gasteiger partial charge on any atom is -0.478 e. The summed E-state index contributed by atoms with van der Waals surface area (Å²) in [7, 11) is 0. The van der Waals surface area contributed by atoms with E-state index < -0.39 is 5.97 Å². The molecule has 1 fully saturated rings. The molecule has 2 atom stereocenters. The zero-order valence-electron chi connectivity index (χ0n) is 12.3. The van der Waals surface area contributed by atoms with Gasteiger partial charge in [0.2, 0.25) is 5.91 Å². The number of carbonyl (C=O) groups excluding carboxylic acids is 1.